The van der Waals surface area contributed by atoms with Crippen molar-refractivity contribution in [2.75, 3.05) is 24.2 Å². The summed E-state index contributed by atoms with van der Waals surface area (Å²) in [6.45, 7) is 5.11. The van der Waals surface area contributed by atoms with Gasteiger partial charge in [-0.3, -0.25) is 19.0 Å². The van der Waals surface area contributed by atoms with Crippen LogP contribution in [-0.2, 0) is 16.1 Å². The number of carbonyl (C=O) groups excluding carboxylic acids is 2. The van der Waals surface area contributed by atoms with Gasteiger partial charge in [-0.05, 0) is 50.6 Å². The van der Waals surface area contributed by atoms with E-state index in [1.54, 1.807) is 41.9 Å². The van der Waals surface area contributed by atoms with Gasteiger partial charge in [-0.1, -0.05) is 11.8 Å². The molecule has 37 heavy (non-hydrogen) atoms. The van der Waals surface area contributed by atoms with E-state index in [4.69, 9.17) is 9.15 Å². The van der Waals surface area contributed by atoms with Crippen molar-refractivity contribution in [3.63, 3.8) is 0 Å². The number of carbonyl (C=O) groups is 2. The number of fused-ring (bicyclic) bond motifs is 1. The number of rotatable bonds is 12. The van der Waals surface area contributed by atoms with E-state index in [1.807, 2.05) is 13.8 Å². The van der Waals surface area contributed by atoms with Crippen LogP contribution in [0.1, 0.15) is 36.4 Å². The highest BCUT2D eigenvalue weighted by Gasteiger charge is 2.17. The molecule has 194 valence electrons. The maximum absolute atomic E-state index is 13.4. The summed E-state index contributed by atoms with van der Waals surface area (Å²) in [7, 11) is 0. The Morgan fingerprint density at radius 2 is 2.14 bits per heavy atom. The Kier molecular flexibility index (Phi) is 9.09. The molecule has 0 saturated carbocycles. The molecule has 10 nitrogen and oxygen atoms in total. The summed E-state index contributed by atoms with van der Waals surface area (Å²) in [6.07, 6.45) is 3.97. The second-order valence-corrected chi connectivity index (χ2v) is 10.1. The number of hydrogen-bond acceptors (Lipinski definition) is 9. The maximum Gasteiger partial charge on any atom is 0.262 e. The van der Waals surface area contributed by atoms with Gasteiger partial charge in [-0.2, -0.15) is 0 Å². The number of thioether (sulfide) groups is 1. The van der Waals surface area contributed by atoms with Gasteiger partial charge in [0.15, 0.2) is 10.3 Å². The first-order chi connectivity index (χ1) is 17.9. The lowest BCUT2D eigenvalue weighted by atomic mass is 10.1. The van der Waals surface area contributed by atoms with Crippen LogP contribution in [0.3, 0.4) is 0 Å². The van der Waals surface area contributed by atoms with Crippen LogP contribution in [-0.4, -0.2) is 51.4 Å². The smallest absolute Gasteiger partial charge is 0.262 e. The van der Waals surface area contributed by atoms with E-state index in [0.29, 0.717) is 52.1 Å². The second kappa shape index (κ2) is 12.7. The molecule has 0 bridgehead atoms. The van der Waals surface area contributed by atoms with Crippen LogP contribution in [0.4, 0.5) is 5.13 Å². The summed E-state index contributed by atoms with van der Waals surface area (Å²) >= 11 is 2.44. The molecule has 0 aliphatic carbocycles. The number of amides is 2. The van der Waals surface area contributed by atoms with Gasteiger partial charge in [0, 0.05) is 30.3 Å². The van der Waals surface area contributed by atoms with Gasteiger partial charge in [0.25, 0.3) is 11.5 Å². The van der Waals surface area contributed by atoms with Crippen molar-refractivity contribution in [1.29, 1.82) is 0 Å². The summed E-state index contributed by atoms with van der Waals surface area (Å²) in [5, 5.41) is 8.55. The van der Waals surface area contributed by atoms with Crippen LogP contribution in [0, 0.1) is 0 Å². The normalized spacial score (nSPS) is 11.2. The Bertz CT molecular complexity index is 1400. The van der Waals surface area contributed by atoms with Crippen molar-refractivity contribution in [2.45, 2.75) is 38.1 Å². The molecule has 4 rings (SSSR count). The minimum absolute atomic E-state index is 0.0221. The minimum atomic E-state index is -0.290. The number of anilines is 1. The van der Waals surface area contributed by atoms with E-state index in [9.17, 15) is 14.4 Å². The van der Waals surface area contributed by atoms with Gasteiger partial charge in [0.2, 0.25) is 5.91 Å². The van der Waals surface area contributed by atoms with E-state index in [0.717, 1.165) is 11.8 Å². The third-order valence-electron chi connectivity index (χ3n) is 5.15. The van der Waals surface area contributed by atoms with Crippen molar-refractivity contribution in [2.24, 2.45) is 0 Å². The monoisotopic (exact) mass is 541 g/mol. The first-order valence-electron chi connectivity index (χ1n) is 11.7. The van der Waals surface area contributed by atoms with E-state index in [-0.39, 0.29) is 35.8 Å². The topological polar surface area (TPSA) is 128 Å². The Hall–Kier alpha value is -3.48. The fraction of sp³-hybridized carbons (Fsp3) is 0.320. The van der Waals surface area contributed by atoms with Crippen molar-refractivity contribution in [1.82, 2.24) is 19.9 Å². The largest absolute Gasteiger partial charge is 0.467 e. The Morgan fingerprint density at radius 3 is 2.86 bits per heavy atom. The standard InChI is InChI=1S/C25H27N5O5S2/c1-16(2)34-11-4-8-26-22(32)17-6-7-19-20(13-17)28-25(30(23(19)33)14-18-5-3-10-35-18)37-15-21(31)29-24-27-9-12-36-24/h3,5-7,9-10,12-13,16H,4,8,11,14-15H2,1-2H3,(H,26,32)(H,27,29,31). The number of nitrogens with one attached hydrogen (secondary N) is 2. The zero-order chi connectivity index (χ0) is 26.2. The van der Waals surface area contributed by atoms with Crippen LogP contribution >= 0.6 is 23.1 Å². The Balaban J connectivity index is 1.55. The predicted molar refractivity (Wildman–Crippen MR) is 143 cm³/mol. The van der Waals surface area contributed by atoms with Gasteiger partial charge in [-0.15, -0.1) is 11.3 Å². The fourth-order valence-corrected chi connectivity index (χ4v) is 4.76. The lowest BCUT2D eigenvalue weighted by molar-refractivity contribution is -0.113. The first kappa shape index (κ1) is 26.6. The predicted octanol–water partition coefficient (Wildman–Crippen LogP) is 3.77. The summed E-state index contributed by atoms with van der Waals surface area (Å²) in [5.41, 5.74) is 0.478. The molecule has 12 heteroatoms. The first-order valence-corrected chi connectivity index (χ1v) is 13.6. The van der Waals surface area contributed by atoms with Crippen LogP contribution in [0.2, 0.25) is 0 Å². The van der Waals surface area contributed by atoms with Crippen molar-refractivity contribution in [3.8, 4) is 0 Å². The molecule has 3 aromatic heterocycles. The molecule has 4 aromatic rings. The number of nitrogens with zero attached hydrogens (tertiary/aromatic N) is 3. The molecule has 0 spiro atoms. The third kappa shape index (κ3) is 7.28. The number of hydrogen-bond donors (Lipinski definition) is 2. The van der Waals surface area contributed by atoms with E-state index in [1.165, 1.54) is 22.2 Å². The number of benzene rings is 1. The molecule has 2 amide bonds. The zero-order valence-corrected chi connectivity index (χ0v) is 22.1. The molecule has 0 fully saturated rings. The highest BCUT2D eigenvalue weighted by molar-refractivity contribution is 7.99. The zero-order valence-electron chi connectivity index (χ0n) is 20.4. The fourth-order valence-electron chi connectivity index (χ4n) is 3.42. The minimum Gasteiger partial charge on any atom is -0.467 e. The highest BCUT2D eigenvalue weighted by atomic mass is 32.2. The van der Waals surface area contributed by atoms with Crippen molar-refractivity contribution >= 4 is 50.9 Å². The second-order valence-electron chi connectivity index (χ2n) is 8.30. The van der Waals surface area contributed by atoms with Gasteiger partial charge < -0.3 is 19.8 Å². The molecule has 0 aliphatic heterocycles. The maximum atomic E-state index is 13.4. The molecular weight excluding hydrogens is 514 g/mol. The number of thiazole rings is 1. The molecule has 0 atom stereocenters. The Labute approximate surface area is 221 Å². The number of furan rings is 1. The van der Waals surface area contributed by atoms with Crippen LogP contribution in [0.15, 0.2) is 62.5 Å². The van der Waals surface area contributed by atoms with Gasteiger partial charge >= 0.3 is 0 Å². The summed E-state index contributed by atoms with van der Waals surface area (Å²) in [5.74, 6) is 0.0714. The molecule has 2 N–H and O–H groups in total. The highest BCUT2D eigenvalue weighted by Crippen LogP contribution is 2.21. The molecule has 0 aliphatic rings. The summed E-state index contributed by atoms with van der Waals surface area (Å²) in [4.78, 5) is 47.2. The quantitative estimate of drug-likeness (QED) is 0.158. The molecular formula is C25H27N5O5S2. The molecule has 0 radical (unpaired) electrons. The van der Waals surface area contributed by atoms with E-state index < -0.39 is 0 Å². The van der Waals surface area contributed by atoms with E-state index >= 15 is 0 Å². The van der Waals surface area contributed by atoms with Crippen molar-refractivity contribution in [3.05, 3.63) is 69.8 Å². The summed E-state index contributed by atoms with van der Waals surface area (Å²) in [6, 6.07) is 8.30. The molecule has 3 heterocycles. The van der Waals surface area contributed by atoms with Crippen molar-refractivity contribution < 1.29 is 18.7 Å². The average Bonchev–Trinajstić information content (AvgIpc) is 3.58. The van der Waals surface area contributed by atoms with Gasteiger partial charge in [-0.25, -0.2) is 9.97 Å². The van der Waals surface area contributed by atoms with Crippen LogP contribution in [0.25, 0.3) is 10.9 Å². The lowest BCUT2D eigenvalue weighted by Gasteiger charge is -2.13. The summed E-state index contributed by atoms with van der Waals surface area (Å²) < 4.78 is 12.4. The van der Waals surface area contributed by atoms with Gasteiger partial charge in [0.1, 0.15) is 5.76 Å². The number of ether oxygens (including phenoxy) is 1. The molecule has 0 unspecified atom stereocenters. The average molecular weight is 542 g/mol. The van der Waals surface area contributed by atoms with Gasteiger partial charge in [0.05, 0.1) is 35.6 Å². The molecule has 0 saturated heterocycles. The Morgan fingerprint density at radius 1 is 1.27 bits per heavy atom. The number of aromatic nitrogens is 3. The van der Waals surface area contributed by atoms with Crippen LogP contribution in [0.5, 0.6) is 0 Å². The SMILES string of the molecule is CC(C)OCCCNC(=O)c1ccc2c(=O)n(Cc3ccco3)c(SCC(=O)Nc3nccs3)nc2c1. The molecule has 1 aromatic carbocycles. The third-order valence-corrected chi connectivity index (χ3v) is 6.81. The van der Waals surface area contributed by atoms with E-state index in [2.05, 4.69) is 20.6 Å². The lowest BCUT2D eigenvalue weighted by Crippen LogP contribution is -2.27. The van der Waals surface area contributed by atoms with Crippen LogP contribution < -0.4 is 16.2 Å².